The van der Waals surface area contributed by atoms with Gasteiger partial charge < -0.3 is 20.1 Å². The molecule has 0 saturated heterocycles. The molecule has 0 saturated carbocycles. The summed E-state index contributed by atoms with van der Waals surface area (Å²) in [5, 5.41) is 0. The lowest BCUT2D eigenvalue weighted by Gasteiger charge is -2.22. The highest BCUT2D eigenvalue weighted by atomic mass is 19.1. The molecule has 21 heavy (non-hydrogen) atoms. The summed E-state index contributed by atoms with van der Waals surface area (Å²) >= 11 is 0. The number of anilines is 3. The highest BCUT2D eigenvalue weighted by Gasteiger charge is 2.14. The normalized spacial score (nSPS) is 10.3. The van der Waals surface area contributed by atoms with Crippen molar-refractivity contribution in [3.63, 3.8) is 0 Å². The number of nitrogens with two attached hydrogens (primary N) is 1. The molecule has 0 aliphatic heterocycles. The van der Waals surface area contributed by atoms with Gasteiger partial charge in [0.1, 0.15) is 5.75 Å². The third-order valence-corrected chi connectivity index (χ3v) is 3.18. The van der Waals surface area contributed by atoms with E-state index in [0.29, 0.717) is 18.0 Å². The van der Waals surface area contributed by atoms with Gasteiger partial charge in [0.25, 0.3) is 0 Å². The Labute approximate surface area is 123 Å². The molecule has 0 aliphatic rings. The van der Waals surface area contributed by atoms with Crippen LogP contribution in [-0.2, 0) is 0 Å². The smallest absolute Gasteiger partial charge is 0.167 e. The van der Waals surface area contributed by atoms with Crippen molar-refractivity contribution in [1.29, 1.82) is 0 Å². The third kappa shape index (κ3) is 3.18. The van der Waals surface area contributed by atoms with Crippen LogP contribution in [0.15, 0.2) is 36.4 Å². The summed E-state index contributed by atoms with van der Waals surface area (Å²) in [5.74, 6) is 0.471. The van der Waals surface area contributed by atoms with Gasteiger partial charge in [0, 0.05) is 30.9 Å². The van der Waals surface area contributed by atoms with Gasteiger partial charge in [-0.15, -0.1) is 0 Å². The van der Waals surface area contributed by atoms with Crippen LogP contribution in [0.2, 0.25) is 0 Å². The fraction of sp³-hybridized carbons (Fsp3) is 0.250. The fourth-order valence-corrected chi connectivity index (χ4v) is 2.07. The lowest BCUT2D eigenvalue weighted by Crippen LogP contribution is -2.12. The molecule has 112 valence electrons. The summed E-state index contributed by atoms with van der Waals surface area (Å²) in [6.45, 7) is 2.20. The van der Waals surface area contributed by atoms with Gasteiger partial charge in [-0.25, -0.2) is 4.39 Å². The molecule has 2 rings (SSSR count). The molecule has 0 fully saturated rings. The molecule has 0 aliphatic carbocycles. The van der Waals surface area contributed by atoms with E-state index in [0.717, 1.165) is 11.4 Å². The molecular formula is C16H19FN2O2. The van der Waals surface area contributed by atoms with Crippen molar-refractivity contribution in [3.8, 4) is 11.5 Å². The molecule has 0 spiro atoms. The quantitative estimate of drug-likeness (QED) is 0.855. The SMILES string of the molecule is CCOc1cc(N(C)c2cccc(OC)c2)c(N)cc1F. The van der Waals surface area contributed by atoms with E-state index in [4.69, 9.17) is 15.2 Å². The maximum atomic E-state index is 13.8. The molecule has 0 radical (unpaired) electrons. The first kappa shape index (κ1) is 15.0. The first-order chi connectivity index (χ1) is 10.1. The number of nitrogen functional groups attached to an aromatic ring is 1. The Morgan fingerprint density at radius 2 is 2.00 bits per heavy atom. The predicted molar refractivity (Wildman–Crippen MR) is 83.0 cm³/mol. The first-order valence-corrected chi connectivity index (χ1v) is 6.66. The lowest BCUT2D eigenvalue weighted by molar-refractivity contribution is 0.322. The average Bonchev–Trinajstić information content (AvgIpc) is 2.49. The van der Waals surface area contributed by atoms with E-state index < -0.39 is 5.82 Å². The van der Waals surface area contributed by atoms with Gasteiger partial charge in [0.15, 0.2) is 11.6 Å². The van der Waals surface area contributed by atoms with Crippen LogP contribution in [0.1, 0.15) is 6.92 Å². The number of hydrogen-bond acceptors (Lipinski definition) is 4. The van der Waals surface area contributed by atoms with Gasteiger partial charge in [-0.1, -0.05) is 6.07 Å². The zero-order valence-corrected chi connectivity index (χ0v) is 12.4. The second kappa shape index (κ2) is 6.35. The summed E-state index contributed by atoms with van der Waals surface area (Å²) < 4.78 is 24.2. The minimum Gasteiger partial charge on any atom is -0.497 e. The fourth-order valence-electron chi connectivity index (χ4n) is 2.07. The van der Waals surface area contributed by atoms with Gasteiger partial charge in [-0.2, -0.15) is 0 Å². The van der Waals surface area contributed by atoms with Gasteiger partial charge >= 0.3 is 0 Å². The van der Waals surface area contributed by atoms with Crippen molar-refractivity contribution in [1.82, 2.24) is 0 Å². The molecule has 4 nitrogen and oxygen atoms in total. The van der Waals surface area contributed by atoms with Crippen LogP contribution in [-0.4, -0.2) is 20.8 Å². The number of benzene rings is 2. The molecule has 2 aromatic rings. The van der Waals surface area contributed by atoms with Gasteiger partial charge in [0.05, 0.1) is 25.1 Å². The summed E-state index contributed by atoms with van der Waals surface area (Å²) in [6.07, 6.45) is 0. The Morgan fingerprint density at radius 1 is 1.24 bits per heavy atom. The highest BCUT2D eigenvalue weighted by Crippen LogP contribution is 2.35. The van der Waals surface area contributed by atoms with E-state index in [1.807, 2.05) is 36.2 Å². The van der Waals surface area contributed by atoms with Crippen LogP contribution in [0, 0.1) is 5.82 Å². The second-order valence-electron chi connectivity index (χ2n) is 4.53. The maximum absolute atomic E-state index is 13.8. The van der Waals surface area contributed by atoms with Crippen molar-refractivity contribution in [2.75, 3.05) is 31.4 Å². The summed E-state index contributed by atoms with van der Waals surface area (Å²) in [4.78, 5) is 1.86. The van der Waals surface area contributed by atoms with Crippen LogP contribution >= 0.6 is 0 Å². The summed E-state index contributed by atoms with van der Waals surface area (Å²) in [7, 11) is 3.46. The van der Waals surface area contributed by atoms with E-state index in [2.05, 4.69) is 0 Å². The number of rotatable bonds is 5. The number of ether oxygens (including phenoxy) is 2. The Balaban J connectivity index is 2.41. The summed E-state index contributed by atoms with van der Waals surface area (Å²) in [5.41, 5.74) is 7.83. The third-order valence-electron chi connectivity index (χ3n) is 3.18. The molecule has 2 N–H and O–H groups in total. The second-order valence-corrected chi connectivity index (χ2v) is 4.53. The van der Waals surface area contributed by atoms with Crippen molar-refractivity contribution >= 4 is 17.1 Å². The Kier molecular flexibility index (Phi) is 4.52. The van der Waals surface area contributed by atoms with E-state index in [1.54, 1.807) is 20.1 Å². The number of halogens is 1. The number of hydrogen-bond donors (Lipinski definition) is 1. The average molecular weight is 290 g/mol. The minimum atomic E-state index is -0.461. The van der Waals surface area contributed by atoms with Gasteiger partial charge in [-0.05, 0) is 19.1 Å². The van der Waals surface area contributed by atoms with Gasteiger partial charge in [-0.3, -0.25) is 0 Å². The number of nitrogens with zero attached hydrogens (tertiary/aromatic N) is 1. The van der Waals surface area contributed by atoms with Crippen molar-refractivity contribution in [2.24, 2.45) is 0 Å². The largest absolute Gasteiger partial charge is 0.497 e. The molecule has 0 heterocycles. The van der Waals surface area contributed by atoms with E-state index >= 15 is 0 Å². The van der Waals surface area contributed by atoms with Crippen LogP contribution < -0.4 is 20.1 Å². The van der Waals surface area contributed by atoms with Crippen LogP contribution in [0.4, 0.5) is 21.5 Å². The van der Waals surface area contributed by atoms with E-state index in [9.17, 15) is 4.39 Å². The Bertz CT molecular complexity index is 632. The predicted octanol–water partition coefficient (Wildman–Crippen LogP) is 3.58. The van der Waals surface area contributed by atoms with Crippen LogP contribution in [0.3, 0.4) is 0 Å². The molecular weight excluding hydrogens is 271 g/mol. The summed E-state index contributed by atoms with van der Waals surface area (Å²) in [6, 6.07) is 10.4. The van der Waals surface area contributed by atoms with Crippen molar-refractivity contribution < 1.29 is 13.9 Å². The van der Waals surface area contributed by atoms with Crippen molar-refractivity contribution in [3.05, 3.63) is 42.2 Å². The minimum absolute atomic E-state index is 0.191. The molecule has 0 aromatic heterocycles. The first-order valence-electron chi connectivity index (χ1n) is 6.66. The number of methoxy groups -OCH3 is 1. The zero-order valence-electron chi connectivity index (χ0n) is 12.4. The zero-order chi connectivity index (χ0) is 15.4. The van der Waals surface area contributed by atoms with E-state index in [-0.39, 0.29) is 5.75 Å². The molecule has 0 bridgehead atoms. The van der Waals surface area contributed by atoms with Crippen LogP contribution in [0.5, 0.6) is 11.5 Å². The van der Waals surface area contributed by atoms with E-state index in [1.165, 1.54) is 6.07 Å². The van der Waals surface area contributed by atoms with Crippen molar-refractivity contribution in [2.45, 2.75) is 6.92 Å². The van der Waals surface area contributed by atoms with Gasteiger partial charge in [0.2, 0.25) is 0 Å². The monoisotopic (exact) mass is 290 g/mol. The molecule has 0 amide bonds. The topological polar surface area (TPSA) is 47.7 Å². The molecule has 5 heteroatoms. The highest BCUT2D eigenvalue weighted by molar-refractivity contribution is 5.76. The lowest BCUT2D eigenvalue weighted by atomic mass is 10.2. The Hall–Kier alpha value is -2.43. The molecule has 0 atom stereocenters. The standard InChI is InChI=1S/C16H19FN2O2/c1-4-21-16-10-15(14(18)9-13(16)17)19(2)11-6-5-7-12(8-11)20-3/h5-10H,4,18H2,1-3H3. The maximum Gasteiger partial charge on any atom is 0.167 e. The molecule has 0 unspecified atom stereocenters. The Morgan fingerprint density at radius 3 is 2.67 bits per heavy atom. The molecule has 2 aromatic carbocycles. The van der Waals surface area contributed by atoms with Crippen LogP contribution in [0.25, 0.3) is 0 Å².